The molecule has 9 heteroatoms. The maximum absolute atomic E-state index is 13.5. The number of rotatable bonds is 7. The van der Waals surface area contributed by atoms with Gasteiger partial charge in [0.05, 0.1) is 23.9 Å². The van der Waals surface area contributed by atoms with E-state index in [0.717, 1.165) is 28.7 Å². The van der Waals surface area contributed by atoms with Crippen LogP contribution in [0.1, 0.15) is 38.2 Å². The van der Waals surface area contributed by atoms with Gasteiger partial charge >= 0.3 is 0 Å². The summed E-state index contributed by atoms with van der Waals surface area (Å²) in [7, 11) is 0. The number of ether oxygens (including phenoxy) is 1. The van der Waals surface area contributed by atoms with Gasteiger partial charge in [-0.15, -0.1) is 11.3 Å². The molecule has 4 aromatic rings. The number of hydrogen-bond donors (Lipinski definition) is 1. The van der Waals surface area contributed by atoms with Crippen LogP contribution in [0.25, 0.3) is 20.4 Å². The minimum atomic E-state index is -0.142. The summed E-state index contributed by atoms with van der Waals surface area (Å²) < 4.78 is 8.04. The highest BCUT2D eigenvalue weighted by Gasteiger charge is 2.22. The molecule has 1 aliphatic heterocycles. The summed E-state index contributed by atoms with van der Waals surface area (Å²) in [6.45, 7) is 5.42. The number of pyridine rings is 1. The van der Waals surface area contributed by atoms with Crippen molar-refractivity contribution in [3.8, 4) is 0 Å². The second kappa shape index (κ2) is 9.85. The van der Waals surface area contributed by atoms with Crippen molar-refractivity contribution in [3.05, 3.63) is 58.5 Å². The molecule has 1 saturated heterocycles. The number of nitrogens with one attached hydrogen (secondary N) is 1. The van der Waals surface area contributed by atoms with Gasteiger partial charge in [-0.05, 0) is 48.6 Å². The van der Waals surface area contributed by atoms with Crippen LogP contribution in [0.5, 0.6) is 0 Å². The van der Waals surface area contributed by atoms with E-state index in [4.69, 9.17) is 9.72 Å². The number of fused-ring (bicyclic) bond motifs is 3. The van der Waals surface area contributed by atoms with Crippen molar-refractivity contribution < 1.29 is 9.53 Å². The first-order valence-electron chi connectivity index (χ1n) is 11.4. The molecular formula is C25H26N4O3S2. The normalized spacial score (nSPS) is 16.0. The molecule has 0 unspecified atom stereocenters. The number of anilines is 1. The summed E-state index contributed by atoms with van der Waals surface area (Å²) in [4.78, 5) is 36.2. The van der Waals surface area contributed by atoms with Crippen LogP contribution in [-0.2, 0) is 16.1 Å². The number of aromatic nitrogens is 3. The fourth-order valence-corrected chi connectivity index (χ4v) is 5.92. The average Bonchev–Trinajstić information content (AvgIpc) is 3.48. The SMILES string of the molecule is CC(C)c1ccc(NC(=O)CSc2nc3c(sc4ncccc43)c(=O)n2C[C@H]2CCCO2)cc1. The molecule has 0 aliphatic carbocycles. The Hall–Kier alpha value is -2.75. The van der Waals surface area contributed by atoms with Gasteiger partial charge in [-0.25, -0.2) is 9.97 Å². The third-order valence-electron chi connectivity index (χ3n) is 5.92. The maximum atomic E-state index is 13.5. The first-order valence-corrected chi connectivity index (χ1v) is 13.2. The van der Waals surface area contributed by atoms with Crippen molar-refractivity contribution in [2.24, 2.45) is 0 Å². The first kappa shape index (κ1) is 23.0. The van der Waals surface area contributed by atoms with E-state index in [9.17, 15) is 9.59 Å². The fraction of sp³-hybridized carbons (Fsp3) is 0.360. The highest BCUT2D eigenvalue weighted by atomic mass is 32.2. The maximum Gasteiger partial charge on any atom is 0.272 e. The largest absolute Gasteiger partial charge is 0.376 e. The number of carbonyl (C=O) groups is 1. The summed E-state index contributed by atoms with van der Waals surface area (Å²) in [5.41, 5.74) is 2.52. The second-order valence-electron chi connectivity index (χ2n) is 8.69. The van der Waals surface area contributed by atoms with Crippen LogP contribution in [0.3, 0.4) is 0 Å². The molecule has 1 fully saturated rings. The van der Waals surface area contributed by atoms with Crippen molar-refractivity contribution in [2.75, 3.05) is 17.7 Å². The molecule has 1 N–H and O–H groups in total. The fourth-order valence-electron chi connectivity index (χ4n) is 4.08. The van der Waals surface area contributed by atoms with Crippen LogP contribution in [0.2, 0.25) is 0 Å². The van der Waals surface area contributed by atoms with E-state index < -0.39 is 0 Å². The number of benzene rings is 1. The smallest absolute Gasteiger partial charge is 0.272 e. The van der Waals surface area contributed by atoms with E-state index in [-0.39, 0.29) is 23.3 Å². The average molecular weight is 495 g/mol. The Labute approximate surface area is 205 Å². The van der Waals surface area contributed by atoms with Gasteiger partial charge in [0.1, 0.15) is 9.53 Å². The lowest BCUT2D eigenvalue weighted by atomic mass is 10.0. The molecule has 1 amide bonds. The van der Waals surface area contributed by atoms with Gasteiger partial charge in [0.2, 0.25) is 5.91 Å². The Morgan fingerprint density at radius 3 is 2.85 bits per heavy atom. The van der Waals surface area contributed by atoms with E-state index in [1.165, 1.54) is 28.7 Å². The molecule has 0 saturated carbocycles. The Bertz CT molecular complexity index is 1390. The van der Waals surface area contributed by atoms with Gasteiger partial charge in [0, 0.05) is 23.9 Å². The molecule has 0 spiro atoms. The van der Waals surface area contributed by atoms with Crippen LogP contribution >= 0.6 is 23.1 Å². The summed E-state index contributed by atoms with van der Waals surface area (Å²) in [5, 5.41) is 4.33. The Morgan fingerprint density at radius 1 is 1.29 bits per heavy atom. The first-order chi connectivity index (χ1) is 16.5. The molecule has 5 rings (SSSR count). The van der Waals surface area contributed by atoms with Crippen molar-refractivity contribution in [3.63, 3.8) is 0 Å². The predicted molar refractivity (Wildman–Crippen MR) is 138 cm³/mol. The number of thiophene rings is 1. The highest BCUT2D eigenvalue weighted by Crippen LogP contribution is 2.31. The summed E-state index contributed by atoms with van der Waals surface area (Å²) in [6, 6.07) is 11.7. The minimum Gasteiger partial charge on any atom is -0.376 e. The van der Waals surface area contributed by atoms with E-state index in [1.54, 1.807) is 10.8 Å². The molecule has 0 radical (unpaired) electrons. The highest BCUT2D eigenvalue weighted by molar-refractivity contribution is 7.99. The van der Waals surface area contributed by atoms with Gasteiger partial charge in [-0.2, -0.15) is 0 Å². The van der Waals surface area contributed by atoms with Crippen LogP contribution in [-0.4, -0.2) is 38.9 Å². The Morgan fingerprint density at radius 2 is 2.12 bits per heavy atom. The van der Waals surface area contributed by atoms with Crippen molar-refractivity contribution >= 4 is 55.1 Å². The quantitative estimate of drug-likeness (QED) is 0.286. The summed E-state index contributed by atoms with van der Waals surface area (Å²) in [5.74, 6) is 0.442. The van der Waals surface area contributed by atoms with Crippen LogP contribution in [0.4, 0.5) is 5.69 Å². The zero-order chi connectivity index (χ0) is 23.7. The third kappa shape index (κ3) is 4.73. The zero-order valence-electron chi connectivity index (χ0n) is 19.1. The number of thioether (sulfide) groups is 1. The molecular weight excluding hydrogens is 468 g/mol. The lowest BCUT2D eigenvalue weighted by Gasteiger charge is -2.15. The predicted octanol–water partition coefficient (Wildman–Crippen LogP) is 5.04. The standard InChI is InChI=1S/C25H26N4O3S2/c1-15(2)16-7-9-17(10-8-16)27-20(30)14-33-25-28-21-19-6-3-11-26-23(19)34-22(21)24(31)29(25)13-18-5-4-12-32-18/h3,6-11,15,18H,4-5,12-14H2,1-2H3,(H,27,30)/t18-/m1/s1. The Kier molecular flexibility index (Phi) is 6.67. The monoisotopic (exact) mass is 494 g/mol. The van der Waals surface area contributed by atoms with E-state index in [2.05, 4.69) is 24.1 Å². The molecule has 3 aromatic heterocycles. The number of hydrogen-bond acceptors (Lipinski definition) is 7. The third-order valence-corrected chi connectivity index (χ3v) is 7.99. The number of carbonyl (C=O) groups excluding carboxylic acids is 1. The van der Waals surface area contributed by atoms with E-state index >= 15 is 0 Å². The molecule has 176 valence electrons. The lowest BCUT2D eigenvalue weighted by Crippen LogP contribution is -2.28. The van der Waals surface area contributed by atoms with Gasteiger partial charge in [-0.3, -0.25) is 14.2 Å². The van der Waals surface area contributed by atoms with Crippen molar-refractivity contribution in [1.82, 2.24) is 14.5 Å². The number of nitrogens with zero attached hydrogens (tertiary/aromatic N) is 3. The van der Waals surface area contributed by atoms with Crippen LogP contribution in [0.15, 0.2) is 52.5 Å². The van der Waals surface area contributed by atoms with Gasteiger partial charge in [-0.1, -0.05) is 37.7 Å². The molecule has 0 bridgehead atoms. The van der Waals surface area contributed by atoms with Gasteiger partial charge < -0.3 is 10.1 Å². The summed E-state index contributed by atoms with van der Waals surface area (Å²) in [6.07, 6.45) is 3.60. The Balaban J connectivity index is 1.41. The molecule has 1 aliphatic rings. The zero-order valence-corrected chi connectivity index (χ0v) is 20.7. The van der Waals surface area contributed by atoms with E-state index in [1.807, 2.05) is 36.4 Å². The van der Waals surface area contributed by atoms with Crippen LogP contribution < -0.4 is 10.9 Å². The van der Waals surface area contributed by atoms with Crippen molar-refractivity contribution in [1.29, 1.82) is 0 Å². The molecule has 34 heavy (non-hydrogen) atoms. The lowest BCUT2D eigenvalue weighted by molar-refractivity contribution is -0.113. The summed E-state index contributed by atoms with van der Waals surface area (Å²) >= 11 is 2.64. The topological polar surface area (TPSA) is 86.1 Å². The van der Waals surface area contributed by atoms with Gasteiger partial charge in [0.25, 0.3) is 5.56 Å². The molecule has 7 nitrogen and oxygen atoms in total. The molecule has 4 heterocycles. The van der Waals surface area contributed by atoms with Gasteiger partial charge in [0.15, 0.2) is 5.16 Å². The van der Waals surface area contributed by atoms with Crippen molar-refractivity contribution in [2.45, 2.75) is 50.4 Å². The number of amides is 1. The second-order valence-corrected chi connectivity index (χ2v) is 10.6. The van der Waals surface area contributed by atoms with E-state index in [0.29, 0.717) is 34.4 Å². The molecule has 1 aromatic carbocycles. The minimum absolute atomic E-state index is 0.0166. The van der Waals surface area contributed by atoms with Crippen LogP contribution in [0, 0.1) is 0 Å². The molecule has 1 atom stereocenters.